The van der Waals surface area contributed by atoms with Crippen LogP contribution in [0, 0.1) is 0 Å². The second-order valence-electron chi connectivity index (χ2n) is 7.01. The summed E-state index contributed by atoms with van der Waals surface area (Å²) in [5, 5.41) is 0. The molecule has 0 aromatic heterocycles. The summed E-state index contributed by atoms with van der Waals surface area (Å²) in [6, 6.07) is 0. The van der Waals surface area contributed by atoms with Crippen molar-refractivity contribution in [3.05, 3.63) is 24.3 Å². The molecule has 146 valence electrons. The molecule has 1 aliphatic carbocycles. The first-order valence-electron chi connectivity index (χ1n) is 10.7. The minimum atomic E-state index is -3.14. The SMILES string of the molecule is CCCC[C]1([Zr]([N](CC)CC)([N](CC)CC)[N](CC)CC)C=CC=C1. The molecule has 0 aromatic carbocycles. The van der Waals surface area contributed by atoms with Crippen molar-refractivity contribution in [2.45, 2.75) is 70.9 Å². The number of hydrogen-bond donors (Lipinski definition) is 0. The van der Waals surface area contributed by atoms with E-state index in [1.165, 1.54) is 19.3 Å². The van der Waals surface area contributed by atoms with Crippen LogP contribution in [-0.2, 0) is 21.1 Å². The molecular formula is C21H43N3Zr. The van der Waals surface area contributed by atoms with Crippen molar-refractivity contribution in [2.75, 3.05) is 39.3 Å². The summed E-state index contributed by atoms with van der Waals surface area (Å²) in [6.07, 6.45) is 13.7. The topological polar surface area (TPSA) is 9.72 Å². The molecule has 0 amide bonds. The van der Waals surface area contributed by atoms with E-state index in [0.29, 0.717) is 0 Å². The molecule has 0 saturated heterocycles. The number of nitrogens with zero attached hydrogens (tertiary/aromatic N) is 3. The van der Waals surface area contributed by atoms with Crippen LogP contribution in [0.3, 0.4) is 0 Å². The van der Waals surface area contributed by atoms with E-state index in [9.17, 15) is 0 Å². The zero-order valence-corrected chi connectivity index (χ0v) is 20.5. The van der Waals surface area contributed by atoms with Crippen LogP contribution in [0.25, 0.3) is 0 Å². The van der Waals surface area contributed by atoms with Crippen LogP contribution in [-0.4, -0.2) is 47.8 Å². The third-order valence-electron chi connectivity index (χ3n) is 6.08. The third-order valence-corrected chi connectivity index (χ3v) is 21.8. The maximum absolute atomic E-state index is 3.14. The summed E-state index contributed by atoms with van der Waals surface area (Å²) in [5.74, 6) is 0. The van der Waals surface area contributed by atoms with Crippen LogP contribution in [0.15, 0.2) is 24.3 Å². The molecule has 0 radical (unpaired) electrons. The van der Waals surface area contributed by atoms with E-state index in [2.05, 4.69) is 81.3 Å². The Labute approximate surface area is 163 Å². The zero-order chi connectivity index (χ0) is 18.9. The quantitative estimate of drug-likeness (QED) is 0.389. The monoisotopic (exact) mass is 427 g/mol. The van der Waals surface area contributed by atoms with Gasteiger partial charge in [-0.15, -0.1) is 0 Å². The van der Waals surface area contributed by atoms with Gasteiger partial charge in [0.05, 0.1) is 0 Å². The average molecular weight is 429 g/mol. The summed E-state index contributed by atoms with van der Waals surface area (Å²) >= 11 is -3.14. The standard InChI is InChI=1S/C9H13.3C4H10N.Zr/c1-2-3-6-9-7-4-5-8-9;3*1-3-5-4-2;/h4-5,7-8H,2-3,6H2,1H3;3*3-4H2,1-2H3;/q;3*-1;+3. The van der Waals surface area contributed by atoms with Gasteiger partial charge >= 0.3 is 164 Å². The fourth-order valence-electron chi connectivity index (χ4n) is 5.01. The Morgan fingerprint density at radius 1 is 0.640 bits per heavy atom. The molecule has 3 nitrogen and oxygen atoms in total. The number of unbranched alkanes of at least 4 members (excludes halogenated alkanes) is 1. The molecule has 0 atom stereocenters. The molecule has 0 fully saturated rings. The molecule has 1 rings (SSSR count). The van der Waals surface area contributed by atoms with Gasteiger partial charge in [-0.3, -0.25) is 0 Å². The molecule has 4 heteroatoms. The average Bonchev–Trinajstić information content (AvgIpc) is 3.12. The van der Waals surface area contributed by atoms with Gasteiger partial charge in [0.25, 0.3) is 0 Å². The minimum absolute atomic E-state index is 0.259. The van der Waals surface area contributed by atoms with E-state index >= 15 is 0 Å². The normalized spacial score (nSPS) is 16.7. The van der Waals surface area contributed by atoms with Crippen LogP contribution >= 0.6 is 0 Å². The first-order valence-corrected chi connectivity index (χ1v) is 15.2. The molecular weight excluding hydrogens is 385 g/mol. The van der Waals surface area contributed by atoms with E-state index in [0.717, 1.165) is 39.3 Å². The van der Waals surface area contributed by atoms with Crippen LogP contribution in [0.2, 0.25) is 3.12 Å². The fourth-order valence-corrected chi connectivity index (χ4v) is 21.6. The van der Waals surface area contributed by atoms with Gasteiger partial charge in [0.2, 0.25) is 0 Å². The Morgan fingerprint density at radius 2 is 1.00 bits per heavy atom. The van der Waals surface area contributed by atoms with Gasteiger partial charge in [0.15, 0.2) is 0 Å². The summed E-state index contributed by atoms with van der Waals surface area (Å²) in [6.45, 7) is 23.5. The molecule has 25 heavy (non-hydrogen) atoms. The zero-order valence-electron chi connectivity index (χ0n) is 18.0. The summed E-state index contributed by atoms with van der Waals surface area (Å²) in [5.41, 5.74) is 0. The molecule has 0 saturated carbocycles. The predicted octanol–water partition coefficient (Wildman–Crippen LogP) is 5.39. The molecule has 0 spiro atoms. The molecule has 0 aromatic rings. The first-order chi connectivity index (χ1) is 12.1. The van der Waals surface area contributed by atoms with Crippen LogP contribution in [0.1, 0.15) is 67.7 Å². The van der Waals surface area contributed by atoms with Crippen molar-refractivity contribution >= 4 is 0 Å². The van der Waals surface area contributed by atoms with Crippen molar-refractivity contribution < 1.29 is 21.1 Å². The van der Waals surface area contributed by atoms with Crippen molar-refractivity contribution in [3.63, 3.8) is 0 Å². The fraction of sp³-hybridized carbons (Fsp3) is 0.810. The van der Waals surface area contributed by atoms with Gasteiger partial charge in [0.1, 0.15) is 0 Å². The second kappa shape index (κ2) is 11.2. The second-order valence-corrected chi connectivity index (χ2v) is 17.1. The summed E-state index contributed by atoms with van der Waals surface area (Å²) in [4.78, 5) is 0. The van der Waals surface area contributed by atoms with Crippen LogP contribution in [0.5, 0.6) is 0 Å². The number of allylic oxidation sites excluding steroid dienone is 4. The maximum atomic E-state index is 2.92. The van der Waals surface area contributed by atoms with Gasteiger partial charge in [-0.25, -0.2) is 0 Å². The van der Waals surface area contributed by atoms with Gasteiger partial charge in [-0.05, 0) is 0 Å². The van der Waals surface area contributed by atoms with Crippen molar-refractivity contribution in [1.82, 2.24) is 8.53 Å². The van der Waals surface area contributed by atoms with Crippen LogP contribution < -0.4 is 0 Å². The van der Waals surface area contributed by atoms with E-state index in [1.54, 1.807) is 0 Å². The predicted molar refractivity (Wildman–Crippen MR) is 109 cm³/mol. The van der Waals surface area contributed by atoms with E-state index in [4.69, 9.17) is 0 Å². The Balaban J connectivity index is 3.71. The molecule has 0 N–H and O–H groups in total. The van der Waals surface area contributed by atoms with Gasteiger partial charge in [-0.2, -0.15) is 0 Å². The van der Waals surface area contributed by atoms with Gasteiger partial charge < -0.3 is 0 Å². The van der Waals surface area contributed by atoms with E-state index in [1.807, 2.05) is 0 Å². The van der Waals surface area contributed by atoms with Crippen molar-refractivity contribution in [2.24, 2.45) is 0 Å². The number of rotatable bonds is 13. The Kier molecular flexibility index (Phi) is 10.4. The molecule has 1 aliphatic rings. The Morgan fingerprint density at radius 3 is 1.28 bits per heavy atom. The molecule has 0 heterocycles. The summed E-state index contributed by atoms with van der Waals surface area (Å²) in [7, 11) is 0. The summed E-state index contributed by atoms with van der Waals surface area (Å²) < 4.78 is 9.02. The third kappa shape index (κ3) is 4.23. The molecule has 0 aliphatic heterocycles. The van der Waals surface area contributed by atoms with Gasteiger partial charge in [0, 0.05) is 0 Å². The van der Waals surface area contributed by atoms with Crippen molar-refractivity contribution in [3.8, 4) is 0 Å². The molecule has 0 unspecified atom stereocenters. The van der Waals surface area contributed by atoms with E-state index in [-0.39, 0.29) is 3.12 Å². The molecule has 0 bridgehead atoms. The van der Waals surface area contributed by atoms with Crippen LogP contribution in [0.4, 0.5) is 0 Å². The number of hydrogen-bond acceptors (Lipinski definition) is 3. The Hall–Kier alpha value is 0.243. The van der Waals surface area contributed by atoms with Crippen molar-refractivity contribution in [1.29, 1.82) is 0 Å². The first kappa shape index (κ1) is 23.3. The van der Waals surface area contributed by atoms with Gasteiger partial charge in [-0.1, -0.05) is 0 Å². The Bertz CT molecular complexity index is 378. The van der Waals surface area contributed by atoms with E-state index < -0.39 is 21.1 Å².